The number of hydrogen-bond acceptors (Lipinski definition) is 4. The Morgan fingerprint density at radius 2 is 2.21 bits per heavy atom. The van der Waals surface area contributed by atoms with Gasteiger partial charge in [0, 0.05) is 0 Å². The van der Waals surface area contributed by atoms with Crippen molar-refractivity contribution in [2.24, 2.45) is 0 Å². The lowest BCUT2D eigenvalue weighted by atomic mass is 10.1. The third kappa shape index (κ3) is 3.58. The lowest BCUT2D eigenvalue weighted by Gasteiger charge is -2.07. The fraction of sp³-hybridized carbons (Fsp3) is 0.286. The van der Waals surface area contributed by atoms with Gasteiger partial charge in [-0.2, -0.15) is 0 Å². The first-order chi connectivity index (χ1) is 9.04. The van der Waals surface area contributed by atoms with E-state index in [0.717, 1.165) is 11.3 Å². The number of carboxylic acids is 1. The van der Waals surface area contributed by atoms with Crippen LogP contribution in [-0.2, 0) is 17.8 Å². The number of rotatable bonds is 5. The second-order valence-electron chi connectivity index (χ2n) is 4.36. The predicted molar refractivity (Wildman–Crippen MR) is 68.1 cm³/mol. The molecule has 0 radical (unpaired) electrons. The van der Waals surface area contributed by atoms with Gasteiger partial charge in [0.05, 0.1) is 12.1 Å². The van der Waals surface area contributed by atoms with Crippen molar-refractivity contribution in [1.82, 2.24) is 4.98 Å². The molecule has 1 N–H and O–H groups in total. The lowest BCUT2D eigenvalue weighted by molar-refractivity contribution is -0.136. The van der Waals surface area contributed by atoms with Crippen LogP contribution in [0.3, 0.4) is 0 Å². The second-order valence-corrected chi connectivity index (χ2v) is 4.36. The predicted octanol–water partition coefficient (Wildman–Crippen LogP) is 2.50. The Bertz CT molecular complexity index is 589. The van der Waals surface area contributed by atoms with E-state index in [4.69, 9.17) is 14.3 Å². The maximum Gasteiger partial charge on any atom is 0.309 e. The van der Waals surface area contributed by atoms with Crippen molar-refractivity contribution in [3.05, 3.63) is 47.2 Å². The highest BCUT2D eigenvalue weighted by molar-refractivity contribution is 5.69. The Morgan fingerprint density at radius 3 is 2.89 bits per heavy atom. The van der Waals surface area contributed by atoms with E-state index < -0.39 is 5.97 Å². The molecule has 0 fully saturated rings. The Kier molecular flexibility index (Phi) is 3.85. The molecule has 0 saturated heterocycles. The van der Waals surface area contributed by atoms with Gasteiger partial charge < -0.3 is 14.3 Å². The Hall–Kier alpha value is -2.30. The molecule has 0 aliphatic carbocycles. The van der Waals surface area contributed by atoms with E-state index in [1.807, 2.05) is 32.0 Å². The molecule has 2 rings (SSSR count). The first kappa shape index (κ1) is 13.1. The van der Waals surface area contributed by atoms with E-state index in [9.17, 15) is 4.79 Å². The topological polar surface area (TPSA) is 72.6 Å². The molecule has 1 heterocycles. The molecule has 100 valence electrons. The number of oxazole rings is 1. The zero-order valence-corrected chi connectivity index (χ0v) is 10.8. The van der Waals surface area contributed by atoms with Crippen molar-refractivity contribution >= 4 is 5.97 Å². The zero-order chi connectivity index (χ0) is 13.8. The third-order valence-electron chi connectivity index (χ3n) is 2.61. The van der Waals surface area contributed by atoms with Crippen LogP contribution in [0.15, 0.2) is 28.9 Å². The summed E-state index contributed by atoms with van der Waals surface area (Å²) >= 11 is 0. The third-order valence-corrected chi connectivity index (χ3v) is 2.61. The summed E-state index contributed by atoms with van der Waals surface area (Å²) in [6.07, 6.45) is 1.20. The zero-order valence-electron chi connectivity index (χ0n) is 10.8. The second kappa shape index (κ2) is 5.56. The fourth-order valence-electron chi connectivity index (χ4n) is 1.75. The first-order valence-electron chi connectivity index (χ1n) is 5.89. The van der Waals surface area contributed by atoms with Gasteiger partial charge in [-0.1, -0.05) is 17.7 Å². The molecule has 0 aliphatic heterocycles. The summed E-state index contributed by atoms with van der Waals surface area (Å²) in [7, 11) is 0. The number of ether oxygens (including phenoxy) is 1. The minimum atomic E-state index is -0.935. The summed E-state index contributed by atoms with van der Waals surface area (Å²) in [5.74, 6) is 0.204. The number of aryl methyl sites for hydroxylation is 2. The van der Waals surface area contributed by atoms with Crippen molar-refractivity contribution in [3.8, 4) is 5.75 Å². The van der Waals surface area contributed by atoms with Crippen LogP contribution in [-0.4, -0.2) is 16.1 Å². The van der Waals surface area contributed by atoms with E-state index in [0.29, 0.717) is 11.6 Å². The van der Waals surface area contributed by atoms with Crippen LogP contribution >= 0.6 is 0 Å². The maximum atomic E-state index is 10.5. The molecule has 0 unspecified atom stereocenters. The molecule has 0 aliphatic rings. The van der Waals surface area contributed by atoms with Crippen LogP contribution in [0.1, 0.15) is 22.7 Å². The van der Waals surface area contributed by atoms with Gasteiger partial charge in [0.15, 0.2) is 6.61 Å². The molecule has 5 nitrogen and oxygen atoms in total. The number of carboxylic acid groups (broad SMARTS) is 1. The summed E-state index contributed by atoms with van der Waals surface area (Å²) in [5, 5.41) is 8.63. The van der Waals surface area contributed by atoms with Crippen LogP contribution < -0.4 is 4.74 Å². The molecule has 1 aromatic carbocycles. The Morgan fingerprint density at radius 1 is 1.42 bits per heavy atom. The fourth-order valence-corrected chi connectivity index (χ4v) is 1.75. The SMILES string of the molecule is Cc1ccc(OCc2nc(CC(=O)O)co2)c(C)c1. The minimum absolute atomic E-state index is 0.146. The molecular weight excluding hydrogens is 246 g/mol. The number of nitrogens with zero attached hydrogens (tertiary/aromatic N) is 1. The first-order valence-corrected chi connectivity index (χ1v) is 5.89. The van der Waals surface area contributed by atoms with Gasteiger partial charge in [-0.3, -0.25) is 4.79 Å². The average Bonchev–Trinajstić information content (AvgIpc) is 2.74. The smallest absolute Gasteiger partial charge is 0.309 e. The van der Waals surface area contributed by atoms with Gasteiger partial charge >= 0.3 is 5.97 Å². The molecule has 1 aromatic heterocycles. The molecule has 5 heteroatoms. The van der Waals surface area contributed by atoms with Gasteiger partial charge in [-0.15, -0.1) is 0 Å². The molecule has 0 atom stereocenters. The van der Waals surface area contributed by atoms with Crippen LogP contribution in [0.2, 0.25) is 0 Å². The largest absolute Gasteiger partial charge is 0.484 e. The molecule has 2 aromatic rings. The van der Waals surface area contributed by atoms with Crippen LogP contribution in [0.4, 0.5) is 0 Å². The number of benzene rings is 1. The average molecular weight is 261 g/mol. The highest BCUT2D eigenvalue weighted by Gasteiger charge is 2.08. The van der Waals surface area contributed by atoms with Gasteiger partial charge in [0.1, 0.15) is 12.0 Å². The standard InChI is InChI=1S/C14H15NO4/c1-9-3-4-12(10(2)5-9)18-8-13-15-11(7-19-13)6-14(16)17/h3-5,7H,6,8H2,1-2H3,(H,16,17). The molecule has 0 spiro atoms. The summed E-state index contributed by atoms with van der Waals surface area (Å²) in [5.41, 5.74) is 2.61. The van der Waals surface area contributed by atoms with Crippen LogP contribution in [0.5, 0.6) is 5.75 Å². The van der Waals surface area contributed by atoms with Gasteiger partial charge in [0.25, 0.3) is 0 Å². The molecule has 19 heavy (non-hydrogen) atoms. The van der Waals surface area contributed by atoms with Crippen molar-refractivity contribution in [3.63, 3.8) is 0 Å². The van der Waals surface area contributed by atoms with E-state index in [1.54, 1.807) is 0 Å². The van der Waals surface area contributed by atoms with E-state index in [1.165, 1.54) is 11.8 Å². The van der Waals surface area contributed by atoms with Crippen molar-refractivity contribution in [1.29, 1.82) is 0 Å². The van der Waals surface area contributed by atoms with Crippen LogP contribution in [0.25, 0.3) is 0 Å². The van der Waals surface area contributed by atoms with Crippen molar-refractivity contribution in [2.45, 2.75) is 26.9 Å². The van der Waals surface area contributed by atoms with Gasteiger partial charge in [-0.25, -0.2) is 4.98 Å². The van der Waals surface area contributed by atoms with Crippen molar-refractivity contribution < 1.29 is 19.1 Å². The number of carbonyl (C=O) groups is 1. The highest BCUT2D eigenvalue weighted by Crippen LogP contribution is 2.19. The number of aliphatic carboxylic acids is 1. The van der Waals surface area contributed by atoms with E-state index in [2.05, 4.69) is 4.98 Å². The maximum absolute atomic E-state index is 10.5. The molecular formula is C14H15NO4. The monoisotopic (exact) mass is 261 g/mol. The van der Waals surface area contributed by atoms with Gasteiger partial charge in [0.2, 0.25) is 5.89 Å². The van der Waals surface area contributed by atoms with E-state index in [-0.39, 0.29) is 13.0 Å². The normalized spacial score (nSPS) is 10.4. The highest BCUT2D eigenvalue weighted by atomic mass is 16.5. The summed E-state index contributed by atoms with van der Waals surface area (Å²) < 4.78 is 10.7. The van der Waals surface area contributed by atoms with Crippen molar-refractivity contribution in [2.75, 3.05) is 0 Å². The summed E-state index contributed by atoms with van der Waals surface area (Å²) in [4.78, 5) is 14.6. The summed E-state index contributed by atoms with van der Waals surface area (Å²) in [6, 6.07) is 5.89. The van der Waals surface area contributed by atoms with Gasteiger partial charge in [-0.05, 0) is 25.5 Å². The van der Waals surface area contributed by atoms with E-state index >= 15 is 0 Å². The molecule has 0 amide bonds. The minimum Gasteiger partial charge on any atom is -0.484 e. The van der Waals surface area contributed by atoms with Crippen LogP contribution in [0, 0.1) is 13.8 Å². The lowest BCUT2D eigenvalue weighted by Crippen LogP contribution is -2.01. The number of hydrogen-bond donors (Lipinski definition) is 1. The molecule has 0 saturated carbocycles. The molecule has 0 bridgehead atoms. The Labute approximate surface area is 110 Å². The quantitative estimate of drug-likeness (QED) is 0.895. The number of aromatic nitrogens is 1. The Balaban J connectivity index is 1.98. The summed E-state index contributed by atoms with van der Waals surface area (Å²) in [6.45, 7) is 4.17.